The van der Waals surface area contributed by atoms with Crippen LogP contribution in [-0.2, 0) is 0 Å². The van der Waals surface area contributed by atoms with Crippen LogP contribution in [0.25, 0.3) is 0 Å². The highest BCUT2D eigenvalue weighted by molar-refractivity contribution is 6.33. The molecule has 20 heavy (non-hydrogen) atoms. The summed E-state index contributed by atoms with van der Waals surface area (Å²) < 4.78 is 12.9. The topological polar surface area (TPSA) is 85.1 Å². The maximum absolute atomic E-state index is 12.9. The van der Waals surface area contributed by atoms with Crippen LogP contribution in [0.15, 0.2) is 36.4 Å². The molecular formula is C12H7ClFN3O3. The molecule has 1 aromatic heterocycles. The molecule has 0 saturated carbocycles. The molecule has 1 amide bonds. The van der Waals surface area contributed by atoms with Crippen molar-refractivity contribution in [3.8, 4) is 0 Å². The third kappa shape index (κ3) is 3.07. The lowest BCUT2D eigenvalue weighted by molar-refractivity contribution is -0.384. The van der Waals surface area contributed by atoms with Crippen molar-refractivity contribution < 1.29 is 14.1 Å². The van der Waals surface area contributed by atoms with Gasteiger partial charge in [0.15, 0.2) is 0 Å². The number of nitrogens with one attached hydrogen (secondary N) is 1. The van der Waals surface area contributed by atoms with Crippen LogP contribution < -0.4 is 5.32 Å². The summed E-state index contributed by atoms with van der Waals surface area (Å²) in [7, 11) is 0. The Morgan fingerprint density at radius 3 is 2.70 bits per heavy atom. The number of carbonyl (C=O) groups is 1. The van der Waals surface area contributed by atoms with Crippen molar-refractivity contribution in [1.82, 2.24) is 4.98 Å². The molecule has 0 fully saturated rings. The van der Waals surface area contributed by atoms with E-state index in [1.807, 2.05) is 0 Å². The van der Waals surface area contributed by atoms with Gasteiger partial charge in [0.25, 0.3) is 11.6 Å². The predicted molar refractivity (Wildman–Crippen MR) is 70.3 cm³/mol. The highest BCUT2D eigenvalue weighted by atomic mass is 35.5. The van der Waals surface area contributed by atoms with Gasteiger partial charge in [-0.1, -0.05) is 17.7 Å². The van der Waals surface area contributed by atoms with E-state index in [1.54, 1.807) is 0 Å². The van der Waals surface area contributed by atoms with E-state index in [0.717, 1.165) is 18.2 Å². The van der Waals surface area contributed by atoms with Crippen LogP contribution in [0.5, 0.6) is 0 Å². The Hall–Kier alpha value is -2.54. The van der Waals surface area contributed by atoms with Crippen molar-refractivity contribution in [1.29, 1.82) is 0 Å². The van der Waals surface area contributed by atoms with Gasteiger partial charge < -0.3 is 5.32 Å². The molecule has 0 bridgehead atoms. The lowest BCUT2D eigenvalue weighted by Gasteiger charge is -2.04. The lowest BCUT2D eigenvalue weighted by Crippen LogP contribution is -2.13. The van der Waals surface area contributed by atoms with Crippen LogP contribution in [0.4, 0.5) is 15.9 Å². The highest BCUT2D eigenvalue weighted by Gasteiger charge is 2.15. The van der Waals surface area contributed by atoms with Crippen LogP contribution >= 0.6 is 11.6 Å². The maximum atomic E-state index is 12.9. The average molecular weight is 296 g/mol. The molecule has 1 heterocycles. The van der Waals surface area contributed by atoms with Crippen LogP contribution in [0.2, 0.25) is 5.02 Å². The molecule has 1 aromatic carbocycles. The molecule has 0 aliphatic rings. The SMILES string of the molecule is O=C(Nc1cccc(F)n1)c1ccc([N+](=O)[O-])c(Cl)c1. The zero-order chi connectivity index (χ0) is 14.7. The molecule has 0 aliphatic heterocycles. The number of aromatic nitrogens is 1. The number of nitro benzene ring substituents is 1. The largest absolute Gasteiger partial charge is 0.306 e. The molecule has 0 saturated heterocycles. The number of pyridine rings is 1. The smallest absolute Gasteiger partial charge is 0.287 e. The van der Waals surface area contributed by atoms with Gasteiger partial charge in [-0.05, 0) is 24.3 Å². The fourth-order valence-electron chi connectivity index (χ4n) is 1.46. The number of hydrogen-bond acceptors (Lipinski definition) is 4. The molecule has 0 aliphatic carbocycles. The first kappa shape index (κ1) is 13.9. The minimum Gasteiger partial charge on any atom is -0.306 e. The van der Waals surface area contributed by atoms with E-state index < -0.39 is 16.8 Å². The van der Waals surface area contributed by atoms with Gasteiger partial charge in [0.1, 0.15) is 10.8 Å². The zero-order valence-corrected chi connectivity index (χ0v) is 10.6. The molecule has 0 unspecified atom stereocenters. The van der Waals surface area contributed by atoms with Crippen molar-refractivity contribution in [3.05, 3.63) is 63.0 Å². The van der Waals surface area contributed by atoms with Crippen molar-refractivity contribution >= 4 is 29.0 Å². The van der Waals surface area contributed by atoms with Crippen LogP contribution in [0.3, 0.4) is 0 Å². The van der Waals surface area contributed by atoms with Gasteiger partial charge in [-0.15, -0.1) is 0 Å². The highest BCUT2D eigenvalue weighted by Crippen LogP contribution is 2.25. The molecule has 0 radical (unpaired) electrons. The first-order valence-corrected chi connectivity index (χ1v) is 5.73. The van der Waals surface area contributed by atoms with Gasteiger partial charge in [0.2, 0.25) is 5.95 Å². The summed E-state index contributed by atoms with van der Waals surface area (Å²) >= 11 is 5.70. The number of nitro groups is 1. The Kier molecular flexibility index (Phi) is 3.90. The number of benzene rings is 1. The number of hydrogen-bond donors (Lipinski definition) is 1. The molecular weight excluding hydrogens is 289 g/mol. The second-order valence-electron chi connectivity index (χ2n) is 3.72. The van der Waals surface area contributed by atoms with Gasteiger partial charge >= 0.3 is 0 Å². The van der Waals surface area contributed by atoms with Gasteiger partial charge in [-0.2, -0.15) is 4.39 Å². The van der Waals surface area contributed by atoms with E-state index in [1.165, 1.54) is 18.2 Å². The van der Waals surface area contributed by atoms with Crippen molar-refractivity contribution in [3.63, 3.8) is 0 Å². The summed E-state index contributed by atoms with van der Waals surface area (Å²) in [5, 5.41) is 12.8. The number of nitrogens with zero attached hydrogens (tertiary/aromatic N) is 2. The molecule has 6 nitrogen and oxygen atoms in total. The molecule has 2 rings (SSSR count). The van der Waals surface area contributed by atoms with Crippen molar-refractivity contribution in [2.45, 2.75) is 0 Å². The van der Waals surface area contributed by atoms with Gasteiger partial charge in [0, 0.05) is 11.6 Å². The van der Waals surface area contributed by atoms with Gasteiger partial charge in [0.05, 0.1) is 4.92 Å². The third-order valence-electron chi connectivity index (χ3n) is 2.36. The maximum Gasteiger partial charge on any atom is 0.287 e. The third-order valence-corrected chi connectivity index (χ3v) is 2.67. The second-order valence-corrected chi connectivity index (χ2v) is 4.13. The van der Waals surface area contributed by atoms with Gasteiger partial charge in [-0.25, -0.2) is 4.98 Å². The standard InChI is InChI=1S/C12H7ClFN3O3/c13-8-6-7(4-5-9(8)17(19)20)12(18)16-11-3-1-2-10(14)15-11/h1-6H,(H,15,16,18). The van der Waals surface area contributed by atoms with E-state index in [2.05, 4.69) is 10.3 Å². The Bertz CT molecular complexity index is 693. The molecule has 8 heteroatoms. The monoisotopic (exact) mass is 295 g/mol. The van der Waals surface area contributed by atoms with E-state index in [9.17, 15) is 19.3 Å². The summed E-state index contributed by atoms with van der Waals surface area (Å²) in [6, 6.07) is 7.47. The Labute approximate surface area is 117 Å². The summed E-state index contributed by atoms with van der Waals surface area (Å²) in [5.41, 5.74) is -0.196. The Morgan fingerprint density at radius 1 is 1.35 bits per heavy atom. The number of halogens is 2. The number of anilines is 1. The van der Waals surface area contributed by atoms with Crippen LogP contribution in [0, 0.1) is 16.1 Å². The predicted octanol–water partition coefficient (Wildman–Crippen LogP) is 3.03. The van der Waals surface area contributed by atoms with Crippen molar-refractivity contribution in [2.24, 2.45) is 0 Å². The number of carbonyl (C=O) groups excluding carboxylic acids is 1. The minimum atomic E-state index is -0.732. The first-order chi connectivity index (χ1) is 9.47. The molecule has 102 valence electrons. The fraction of sp³-hybridized carbons (Fsp3) is 0. The normalized spacial score (nSPS) is 10.1. The number of amides is 1. The van der Waals surface area contributed by atoms with E-state index in [0.29, 0.717) is 0 Å². The van der Waals surface area contributed by atoms with Crippen molar-refractivity contribution in [2.75, 3.05) is 5.32 Å². The van der Waals surface area contributed by atoms with Crippen LogP contribution in [-0.4, -0.2) is 15.8 Å². The van der Waals surface area contributed by atoms with Gasteiger partial charge in [-0.3, -0.25) is 14.9 Å². The quantitative estimate of drug-likeness (QED) is 0.536. The first-order valence-electron chi connectivity index (χ1n) is 5.35. The fourth-order valence-corrected chi connectivity index (χ4v) is 1.71. The zero-order valence-electron chi connectivity index (χ0n) is 9.84. The number of rotatable bonds is 3. The molecule has 2 aromatic rings. The molecule has 1 N–H and O–H groups in total. The minimum absolute atomic E-state index is 0.0319. The summed E-state index contributed by atoms with van der Waals surface area (Å²) in [6.07, 6.45) is 0. The average Bonchev–Trinajstić information content (AvgIpc) is 2.38. The molecule has 0 atom stereocenters. The molecule has 0 spiro atoms. The van der Waals surface area contributed by atoms with E-state index >= 15 is 0 Å². The second kappa shape index (κ2) is 5.62. The summed E-state index contributed by atoms with van der Waals surface area (Å²) in [6.45, 7) is 0. The van der Waals surface area contributed by atoms with Crippen LogP contribution in [0.1, 0.15) is 10.4 Å². The summed E-state index contributed by atoms with van der Waals surface area (Å²) in [5.74, 6) is -1.30. The van der Waals surface area contributed by atoms with E-state index in [4.69, 9.17) is 11.6 Å². The summed E-state index contributed by atoms with van der Waals surface area (Å²) in [4.78, 5) is 25.3. The van der Waals surface area contributed by atoms with E-state index in [-0.39, 0.29) is 22.1 Å². The Balaban J connectivity index is 2.22. The Morgan fingerprint density at radius 2 is 2.10 bits per heavy atom. The lowest BCUT2D eigenvalue weighted by atomic mass is 10.2.